The minimum atomic E-state index is -5.70. The standard InChI is InChI=1S/C48H83N3O18P2/c1-3-5-7-8-9-10-11-12-13-14-15-16-21-25-43(55)64-32-36-33-65-70(60,61)69-71(62,63)66-34-41-46(58)45(57)37(28-27-35(52)23-19-6-4-2)39(53)31-40(54)38(24-20-17-18-22-26-44(56)67-36)47(68-41)51-30-29-42(49)50-48(51)59/h27-30,35-39,41,45-47,52-53,57-58H,3-26,31-34H2,1-2H3,(H,60,61)(H,62,63)(H2,49,50,59)/b28-27-/t35-,36+,37-,38-,39+,41+,45-,46+,47+/m0/s1. The number of hydrogen-bond acceptors (Lipinski definition) is 18. The highest BCUT2D eigenvalue weighted by Gasteiger charge is 2.45. The SMILES string of the molecule is CCCCCCCCCCCCCCCC(=O)OC[C@@H]1COP(=O)(O)OP(=O)(O)OC[C@H]2O[C@@H](n3ccc(N)nc3=O)[C@@H](CCCCCCC(=O)O1)C(=O)C[C@@H](O)[C@H](/C=C\[C@@H](O)CCCCC)[C@H](O)[C@@H]2O. The summed E-state index contributed by atoms with van der Waals surface area (Å²) < 4.78 is 58.9. The van der Waals surface area contributed by atoms with Gasteiger partial charge in [0.05, 0.1) is 37.4 Å². The van der Waals surface area contributed by atoms with Gasteiger partial charge in [-0.05, 0) is 31.7 Å². The lowest BCUT2D eigenvalue weighted by Gasteiger charge is -2.38. The van der Waals surface area contributed by atoms with Gasteiger partial charge in [-0.1, -0.05) is 142 Å². The first-order valence-corrected chi connectivity index (χ1v) is 28.8. The van der Waals surface area contributed by atoms with Gasteiger partial charge >= 0.3 is 33.3 Å². The molecule has 1 aromatic heterocycles. The number of cyclic esters (lactones) is 1. The zero-order valence-corrected chi connectivity index (χ0v) is 43.5. The van der Waals surface area contributed by atoms with Crippen molar-refractivity contribution in [3.05, 3.63) is 34.9 Å². The number of phosphoric ester groups is 2. The smallest absolute Gasteiger partial charge is 0.462 e. The lowest BCUT2D eigenvalue weighted by Crippen LogP contribution is -2.51. The number of fused-ring (bicyclic) bond motifs is 3. The van der Waals surface area contributed by atoms with Crippen molar-refractivity contribution in [2.24, 2.45) is 11.8 Å². The molecule has 21 nitrogen and oxygen atoms in total. The molecule has 1 aromatic rings. The summed E-state index contributed by atoms with van der Waals surface area (Å²) in [5.41, 5.74) is 4.75. The average molecular weight is 1050 g/mol. The molecule has 0 amide bonds. The molecule has 11 atom stereocenters. The number of nitrogens with two attached hydrogens (primary N) is 1. The molecule has 0 radical (unpaired) electrons. The summed E-state index contributed by atoms with van der Waals surface area (Å²) in [6.45, 7) is 1.50. The fourth-order valence-electron chi connectivity index (χ4n) is 8.62. The zero-order valence-electron chi connectivity index (χ0n) is 41.8. The van der Waals surface area contributed by atoms with Gasteiger partial charge < -0.3 is 50.2 Å². The molecule has 408 valence electrons. The van der Waals surface area contributed by atoms with Crippen LogP contribution in [0.3, 0.4) is 0 Å². The van der Waals surface area contributed by atoms with E-state index in [0.717, 1.165) is 43.1 Å². The topological polar surface area (TPSA) is 323 Å². The van der Waals surface area contributed by atoms with Gasteiger partial charge in [-0.2, -0.15) is 9.29 Å². The van der Waals surface area contributed by atoms with Gasteiger partial charge in [-0.15, -0.1) is 0 Å². The number of ketones is 1. The molecule has 3 rings (SSSR count). The number of aliphatic hydroxyl groups excluding tert-OH is 4. The normalized spacial score (nSPS) is 29.6. The van der Waals surface area contributed by atoms with Crippen molar-refractivity contribution < 1.29 is 81.3 Å². The van der Waals surface area contributed by atoms with Crippen LogP contribution in [0.1, 0.15) is 181 Å². The molecule has 2 aliphatic rings. The van der Waals surface area contributed by atoms with Gasteiger partial charge in [0.15, 0.2) is 6.10 Å². The summed E-state index contributed by atoms with van der Waals surface area (Å²) in [6.07, 6.45) is 10.0. The molecule has 23 heteroatoms. The van der Waals surface area contributed by atoms with Crippen molar-refractivity contribution in [3.63, 3.8) is 0 Å². The fraction of sp³-hybridized carbons (Fsp3) is 0.812. The molecule has 8 N–H and O–H groups in total. The van der Waals surface area contributed by atoms with Crippen LogP contribution in [0, 0.1) is 11.8 Å². The highest BCUT2D eigenvalue weighted by Crippen LogP contribution is 2.60. The van der Waals surface area contributed by atoms with E-state index >= 15 is 0 Å². The third-order valence-electron chi connectivity index (χ3n) is 12.7. The Balaban J connectivity index is 1.79. The van der Waals surface area contributed by atoms with E-state index in [0.29, 0.717) is 38.5 Å². The molecule has 2 aliphatic heterocycles. The Morgan fingerprint density at radius 2 is 1.44 bits per heavy atom. The van der Waals surface area contributed by atoms with Crippen molar-refractivity contribution in [1.29, 1.82) is 0 Å². The van der Waals surface area contributed by atoms with E-state index in [1.54, 1.807) is 0 Å². The van der Waals surface area contributed by atoms with E-state index in [1.165, 1.54) is 75.8 Å². The minimum absolute atomic E-state index is 0.000253. The lowest BCUT2D eigenvalue weighted by molar-refractivity contribution is -0.184. The van der Waals surface area contributed by atoms with E-state index in [4.69, 9.17) is 29.0 Å². The highest BCUT2D eigenvalue weighted by atomic mass is 31.3. The Hall–Kier alpha value is -2.91. The summed E-state index contributed by atoms with van der Waals surface area (Å²) in [6, 6.07) is 1.23. The second kappa shape index (κ2) is 33.8. The van der Waals surface area contributed by atoms with Crippen LogP contribution in [0.5, 0.6) is 0 Å². The fourth-order valence-corrected chi connectivity index (χ4v) is 10.7. The van der Waals surface area contributed by atoms with E-state index in [-0.39, 0.29) is 31.5 Å². The molecule has 2 fully saturated rings. The number of carbonyl (C=O) groups is 3. The van der Waals surface area contributed by atoms with Gasteiger partial charge in [-0.25, -0.2) is 13.9 Å². The number of rotatable bonds is 23. The number of anilines is 1. The Labute approximate surface area is 418 Å². The Bertz CT molecular complexity index is 1910. The van der Waals surface area contributed by atoms with Gasteiger partial charge in [0.25, 0.3) is 0 Å². The molecule has 0 saturated carbocycles. The maximum Gasteiger partial charge on any atom is 0.481 e. The van der Waals surface area contributed by atoms with Crippen LogP contribution in [0.25, 0.3) is 0 Å². The maximum absolute atomic E-state index is 14.3. The average Bonchev–Trinajstić information content (AvgIpc) is 3.30. The number of ether oxygens (including phenoxy) is 3. The van der Waals surface area contributed by atoms with Crippen molar-refractivity contribution >= 4 is 39.2 Å². The molecule has 0 spiro atoms. The number of esters is 2. The third kappa shape index (κ3) is 24.8. The largest absolute Gasteiger partial charge is 0.481 e. The van der Waals surface area contributed by atoms with Crippen LogP contribution in [-0.2, 0) is 51.1 Å². The Kier molecular flexibility index (Phi) is 29.7. The van der Waals surface area contributed by atoms with Crippen LogP contribution in [0.4, 0.5) is 5.82 Å². The van der Waals surface area contributed by atoms with Crippen molar-refractivity contribution in [1.82, 2.24) is 9.55 Å². The van der Waals surface area contributed by atoms with Gasteiger partial charge in [0, 0.05) is 31.4 Å². The van der Waals surface area contributed by atoms with E-state index in [1.807, 2.05) is 6.92 Å². The predicted molar refractivity (Wildman–Crippen MR) is 262 cm³/mol. The van der Waals surface area contributed by atoms with Crippen LogP contribution < -0.4 is 11.4 Å². The molecular formula is C48H83N3O18P2. The summed E-state index contributed by atoms with van der Waals surface area (Å²) in [4.78, 5) is 78.3. The summed E-state index contributed by atoms with van der Waals surface area (Å²) in [5, 5.41) is 45.5. The second-order valence-corrected chi connectivity index (χ2v) is 21.9. The van der Waals surface area contributed by atoms with Crippen molar-refractivity contribution in [2.45, 2.75) is 217 Å². The quantitative estimate of drug-likeness (QED) is 0.0250. The molecule has 2 bridgehead atoms. The number of hydrogen-bond donors (Lipinski definition) is 7. The molecular weight excluding hydrogens is 968 g/mol. The number of nitrogens with zero attached hydrogens (tertiary/aromatic N) is 2. The van der Waals surface area contributed by atoms with Crippen molar-refractivity contribution in [2.75, 3.05) is 25.6 Å². The summed E-state index contributed by atoms with van der Waals surface area (Å²) >= 11 is 0. The molecule has 3 heterocycles. The number of carbonyl (C=O) groups excluding carboxylic acids is 3. The third-order valence-corrected chi connectivity index (χ3v) is 15.3. The predicted octanol–water partition coefficient (Wildman–Crippen LogP) is 7.04. The second-order valence-electron chi connectivity index (χ2n) is 18.8. The number of Topliss-reactive ketones (excluding diaryl/α,β-unsaturated/α-hetero) is 1. The number of aromatic nitrogens is 2. The minimum Gasteiger partial charge on any atom is -0.462 e. The molecule has 71 heavy (non-hydrogen) atoms. The highest BCUT2D eigenvalue weighted by molar-refractivity contribution is 7.61. The lowest BCUT2D eigenvalue weighted by atomic mass is 9.83. The van der Waals surface area contributed by atoms with Gasteiger partial charge in [0.1, 0.15) is 36.6 Å². The van der Waals surface area contributed by atoms with E-state index in [2.05, 4.69) is 16.2 Å². The van der Waals surface area contributed by atoms with Crippen LogP contribution >= 0.6 is 15.6 Å². The van der Waals surface area contributed by atoms with Crippen LogP contribution in [-0.4, -0.2) is 114 Å². The molecule has 2 saturated heterocycles. The summed E-state index contributed by atoms with van der Waals surface area (Å²) in [5.74, 6) is -4.90. The zero-order chi connectivity index (χ0) is 52.2. The first-order chi connectivity index (χ1) is 33.9. The molecule has 0 aliphatic carbocycles. The first-order valence-electron chi connectivity index (χ1n) is 25.8. The monoisotopic (exact) mass is 1050 g/mol. The number of phosphoric acid groups is 2. The van der Waals surface area contributed by atoms with Crippen LogP contribution in [0.15, 0.2) is 29.2 Å². The number of nitrogen functional groups attached to an aromatic ring is 1. The first kappa shape index (κ1) is 62.4. The van der Waals surface area contributed by atoms with Gasteiger partial charge in [-0.3, -0.25) is 28.0 Å². The molecule has 0 aromatic carbocycles. The van der Waals surface area contributed by atoms with E-state index in [9.17, 15) is 58.5 Å². The van der Waals surface area contributed by atoms with Gasteiger partial charge in [0.2, 0.25) is 0 Å². The van der Waals surface area contributed by atoms with Crippen LogP contribution in [0.2, 0.25) is 0 Å². The van der Waals surface area contributed by atoms with E-state index < -0.39 is 120 Å². The summed E-state index contributed by atoms with van der Waals surface area (Å²) in [7, 11) is -11.3. The number of aliphatic hydroxyl groups is 4. The maximum atomic E-state index is 14.3. The Morgan fingerprint density at radius 3 is 2.07 bits per heavy atom. The molecule has 2 unspecified atom stereocenters. The number of unbranched alkanes of at least 4 members (excludes halogenated alkanes) is 14. The Morgan fingerprint density at radius 1 is 0.845 bits per heavy atom. The van der Waals surface area contributed by atoms with Crippen molar-refractivity contribution in [3.8, 4) is 0 Å².